The molecule has 21 heavy (non-hydrogen) atoms. The molecule has 2 fully saturated rings. The third-order valence-electron chi connectivity index (χ3n) is 4.77. The van der Waals surface area contributed by atoms with Crippen LogP contribution in [0.1, 0.15) is 39.5 Å². The molecule has 2 amide bonds. The molecule has 6 heteroatoms. The number of carboxylic acids is 1. The summed E-state index contributed by atoms with van der Waals surface area (Å²) in [5.74, 6) is -0.385. The molecule has 0 spiro atoms. The Bertz CT molecular complexity index is 380. The second-order valence-electron chi connectivity index (χ2n) is 6.23. The van der Waals surface area contributed by atoms with Crippen molar-refractivity contribution in [2.45, 2.75) is 51.7 Å². The Balaban J connectivity index is 1.81. The summed E-state index contributed by atoms with van der Waals surface area (Å²) in [6.07, 6.45) is 3.67. The second kappa shape index (κ2) is 7.11. The van der Waals surface area contributed by atoms with E-state index in [1.54, 1.807) is 0 Å². The van der Waals surface area contributed by atoms with Crippen LogP contribution >= 0.6 is 0 Å². The van der Waals surface area contributed by atoms with Crippen LogP contribution in [0, 0.1) is 5.92 Å². The van der Waals surface area contributed by atoms with E-state index in [2.05, 4.69) is 13.8 Å². The highest BCUT2D eigenvalue weighted by atomic mass is 16.5. The Morgan fingerprint density at radius 2 is 1.81 bits per heavy atom. The lowest BCUT2D eigenvalue weighted by molar-refractivity contribution is -0.145. The monoisotopic (exact) mass is 298 g/mol. The van der Waals surface area contributed by atoms with Gasteiger partial charge in [-0.2, -0.15) is 0 Å². The summed E-state index contributed by atoms with van der Waals surface area (Å²) < 4.78 is 5.30. The maximum Gasteiger partial charge on any atom is 0.329 e. The van der Waals surface area contributed by atoms with Crippen LogP contribution in [0.2, 0.25) is 0 Å². The number of amides is 2. The Morgan fingerprint density at radius 3 is 2.43 bits per heavy atom. The Hall–Kier alpha value is -1.30. The fourth-order valence-corrected chi connectivity index (χ4v) is 3.19. The van der Waals surface area contributed by atoms with E-state index in [0.717, 1.165) is 25.8 Å². The number of hydrogen-bond acceptors (Lipinski definition) is 3. The zero-order valence-electron chi connectivity index (χ0n) is 13.0. The van der Waals surface area contributed by atoms with Gasteiger partial charge in [0.05, 0.1) is 6.10 Å². The minimum absolute atomic E-state index is 0.0390. The number of piperidine rings is 2. The molecule has 120 valence electrons. The van der Waals surface area contributed by atoms with E-state index in [-0.39, 0.29) is 18.7 Å². The third-order valence-corrected chi connectivity index (χ3v) is 4.77. The van der Waals surface area contributed by atoms with Crippen molar-refractivity contribution in [1.29, 1.82) is 0 Å². The Kier molecular flexibility index (Phi) is 5.45. The van der Waals surface area contributed by atoms with Crippen LogP contribution in [0.3, 0.4) is 0 Å². The van der Waals surface area contributed by atoms with Gasteiger partial charge >= 0.3 is 12.0 Å². The second-order valence-corrected chi connectivity index (χ2v) is 6.23. The summed E-state index contributed by atoms with van der Waals surface area (Å²) >= 11 is 0. The van der Waals surface area contributed by atoms with Crippen LogP contribution in [0.5, 0.6) is 0 Å². The molecule has 2 saturated heterocycles. The molecule has 0 bridgehead atoms. The van der Waals surface area contributed by atoms with Gasteiger partial charge in [-0.25, -0.2) is 9.59 Å². The first-order valence-electron chi connectivity index (χ1n) is 7.88. The van der Waals surface area contributed by atoms with E-state index in [1.165, 1.54) is 6.42 Å². The smallest absolute Gasteiger partial charge is 0.329 e. The van der Waals surface area contributed by atoms with Gasteiger partial charge in [0.1, 0.15) is 6.61 Å². The van der Waals surface area contributed by atoms with E-state index < -0.39 is 5.97 Å². The summed E-state index contributed by atoms with van der Waals surface area (Å²) in [5.41, 5.74) is 0. The number of hydrogen-bond donors (Lipinski definition) is 1. The molecule has 0 aromatic heterocycles. The van der Waals surface area contributed by atoms with E-state index in [0.29, 0.717) is 25.0 Å². The van der Waals surface area contributed by atoms with Gasteiger partial charge in [-0.15, -0.1) is 0 Å². The average Bonchev–Trinajstić information content (AvgIpc) is 2.48. The molecule has 0 aromatic rings. The predicted molar refractivity (Wildman–Crippen MR) is 78.1 cm³/mol. The number of likely N-dealkylation sites (tertiary alicyclic amines) is 2. The minimum atomic E-state index is -0.940. The molecule has 0 aromatic carbocycles. The highest BCUT2D eigenvalue weighted by Gasteiger charge is 2.33. The number of urea groups is 1. The normalized spacial score (nSPS) is 27.7. The van der Waals surface area contributed by atoms with E-state index >= 15 is 0 Å². The lowest BCUT2D eigenvalue weighted by atomic mass is 9.92. The Labute approximate surface area is 126 Å². The van der Waals surface area contributed by atoms with E-state index in [9.17, 15) is 9.59 Å². The molecule has 2 atom stereocenters. The topological polar surface area (TPSA) is 70.1 Å². The van der Waals surface area contributed by atoms with Crippen LogP contribution in [0.15, 0.2) is 0 Å². The van der Waals surface area contributed by atoms with Gasteiger partial charge < -0.3 is 19.6 Å². The van der Waals surface area contributed by atoms with Gasteiger partial charge in [-0.05, 0) is 38.5 Å². The number of carbonyl (C=O) groups excluding carboxylic acids is 1. The standard InChI is InChI=1S/C15H26N2O4/c1-11-4-3-7-17(12(11)2)15(20)16-8-5-13(6-9-16)21-10-14(18)19/h11-13H,3-10H2,1-2H3,(H,18,19). The summed E-state index contributed by atoms with van der Waals surface area (Å²) in [7, 11) is 0. The lowest BCUT2D eigenvalue weighted by Crippen LogP contribution is -2.53. The fraction of sp³-hybridized carbons (Fsp3) is 0.867. The largest absolute Gasteiger partial charge is 0.480 e. The van der Waals surface area contributed by atoms with Crippen molar-refractivity contribution in [3.63, 3.8) is 0 Å². The van der Waals surface area contributed by atoms with Crippen molar-refractivity contribution in [2.24, 2.45) is 5.92 Å². The van der Waals surface area contributed by atoms with Gasteiger partial charge in [0.2, 0.25) is 0 Å². The number of carboxylic acid groups (broad SMARTS) is 1. The van der Waals surface area contributed by atoms with Gasteiger partial charge in [0, 0.05) is 25.7 Å². The SMILES string of the molecule is CC1CCCN(C(=O)N2CCC(OCC(=O)O)CC2)C1C. The maximum absolute atomic E-state index is 12.6. The van der Waals surface area contributed by atoms with Crippen LogP contribution in [-0.2, 0) is 9.53 Å². The highest BCUT2D eigenvalue weighted by molar-refractivity contribution is 5.75. The molecule has 2 unspecified atom stereocenters. The van der Waals surface area contributed by atoms with Crippen LogP contribution in [0.25, 0.3) is 0 Å². The minimum Gasteiger partial charge on any atom is -0.480 e. The number of aliphatic carboxylic acids is 1. The van der Waals surface area contributed by atoms with Gasteiger partial charge in [0.25, 0.3) is 0 Å². The molecule has 2 aliphatic rings. The fourth-order valence-electron chi connectivity index (χ4n) is 3.19. The highest BCUT2D eigenvalue weighted by Crippen LogP contribution is 2.25. The van der Waals surface area contributed by atoms with Crippen LogP contribution < -0.4 is 0 Å². The van der Waals surface area contributed by atoms with Gasteiger partial charge in [0.15, 0.2) is 0 Å². The molecular formula is C15H26N2O4. The molecule has 2 heterocycles. The van der Waals surface area contributed by atoms with Crippen molar-refractivity contribution in [1.82, 2.24) is 9.80 Å². The van der Waals surface area contributed by atoms with Gasteiger partial charge in [-0.1, -0.05) is 6.92 Å². The average molecular weight is 298 g/mol. The van der Waals surface area contributed by atoms with Crippen LogP contribution in [0.4, 0.5) is 4.79 Å². The molecule has 6 nitrogen and oxygen atoms in total. The first-order chi connectivity index (χ1) is 9.99. The molecule has 2 aliphatic heterocycles. The van der Waals surface area contributed by atoms with Crippen LogP contribution in [-0.4, -0.2) is 65.3 Å². The molecule has 0 aliphatic carbocycles. The van der Waals surface area contributed by atoms with E-state index in [4.69, 9.17) is 9.84 Å². The zero-order valence-corrected chi connectivity index (χ0v) is 13.0. The van der Waals surface area contributed by atoms with Crippen molar-refractivity contribution in [3.05, 3.63) is 0 Å². The number of carbonyl (C=O) groups is 2. The summed E-state index contributed by atoms with van der Waals surface area (Å²) in [6.45, 7) is 6.24. The van der Waals surface area contributed by atoms with Crippen molar-refractivity contribution < 1.29 is 19.4 Å². The van der Waals surface area contributed by atoms with Crippen molar-refractivity contribution in [2.75, 3.05) is 26.2 Å². The summed E-state index contributed by atoms with van der Waals surface area (Å²) in [6, 6.07) is 0.429. The summed E-state index contributed by atoms with van der Waals surface area (Å²) in [4.78, 5) is 27.0. The third kappa shape index (κ3) is 4.09. The van der Waals surface area contributed by atoms with E-state index in [1.807, 2.05) is 9.80 Å². The number of ether oxygens (including phenoxy) is 1. The Morgan fingerprint density at radius 1 is 1.14 bits per heavy atom. The van der Waals surface area contributed by atoms with Gasteiger partial charge in [-0.3, -0.25) is 0 Å². The maximum atomic E-state index is 12.6. The summed E-state index contributed by atoms with van der Waals surface area (Å²) in [5, 5.41) is 8.61. The quantitative estimate of drug-likeness (QED) is 0.862. The first kappa shape index (κ1) is 16.1. The zero-order chi connectivity index (χ0) is 15.4. The molecular weight excluding hydrogens is 272 g/mol. The number of nitrogens with zero attached hydrogens (tertiary/aromatic N) is 2. The predicted octanol–water partition coefficient (Wildman–Crippen LogP) is 1.79. The number of rotatable bonds is 3. The first-order valence-corrected chi connectivity index (χ1v) is 7.88. The molecule has 0 radical (unpaired) electrons. The molecule has 1 N–H and O–H groups in total. The lowest BCUT2D eigenvalue weighted by Gasteiger charge is -2.42. The molecule has 0 saturated carbocycles. The molecule has 2 rings (SSSR count). The van der Waals surface area contributed by atoms with Crippen molar-refractivity contribution in [3.8, 4) is 0 Å². The van der Waals surface area contributed by atoms with Crippen molar-refractivity contribution >= 4 is 12.0 Å².